The summed E-state index contributed by atoms with van der Waals surface area (Å²) in [5.41, 5.74) is 0. The zero-order valence-corrected chi connectivity index (χ0v) is 9.07. The summed E-state index contributed by atoms with van der Waals surface area (Å²) >= 11 is 0. The third kappa shape index (κ3) is 1.98. The average molecular weight is 211 g/mol. The molecular weight excluding hydrogens is 194 g/mol. The second-order valence-corrected chi connectivity index (χ2v) is 4.29. The zero-order valence-electron chi connectivity index (χ0n) is 9.07. The van der Waals surface area contributed by atoms with Crippen molar-refractivity contribution in [1.82, 2.24) is 4.90 Å². The molecule has 0 saturated carbocycles. The molecule has 2 bridgehead atoms. The van der Waals surface area contributed by atoms with E-state index in [0.717, 1.165) is 19.3 Å². The van der Waals surface area contributed by atoms with Crippen molar-refractivity contribution in [1.29, 1.82) is 0 Å². The van der Waals surface area contributed by atoms with E-state index in [9.17, 15) is 9.59 Å². The molecule has 4 heteroatoms. The Balaban J connectivity index is 2.10. The molecule has 0 N–H and O–H groups in total. The van der Waals surface area contributed by atoms with Crippen LogP contribution < -0.4 is 0 Å². The number of piperidine rings is 2. The van der Waals surface area contributed by atoms with Crippen LogP contribution >= 0.6 is 0 Å². The minimum absolute atomic E-state index is 0.101. The number of ether oxygens (including phenoxy) is 1. The van der Waals surface area contributed by atoms with E-state index >= 15 is 0 Å². The molecule has 2 aliphatic heterocycles. The van der Waals surface area contributed by atoms with Gasteiger partial charge in [0.05, 0.1) is 6.61 Å². The molecule has 0 aromatic heterocycles. The molecule has 4 nitrogen and oxygen atoms in total. The van der Waals surface area contributed by atoms with Crippen LogP contribution in [0.5, 0.6) is 0 Å². The molecule has 2 aliphatic rings. The van der Waals surface area contributed by atoms with Crippen molar-refractivity contribution in [3.05, 3.63) is 0 Å². The van der Waals surface area contributed by atoms with Gasteiger partial charge in [0.2, 0.25) is 0 Å². The summed E-state index contributed by atoms with van der Waals surface area (Å²) in [6.07, 6.45) is 3.82. The smallest absolute Gasteiger partial charge is 0.410 e. The SMILES string of the molecule is CCOC(=O)N1[C@@H]2CCC[C@H]1CC(=O)C2. The van der Waals surface area contributed by atoms with Crippen LogP contribution in [0.4, 0.5) is 4.79 Å². The lowest BCUT2D eigenvalue weighted by molar-refractivity contribution is -0.126. The Hall–Kier alpha value is -1.06. The van der Waals surface area contributed by atoms with Gasteiger partial charge in [-0.3, -0.25) is 4.79 Å². The summed E-state index contributed by atoms with van der Waals surface area (Å²) in [5, 5.41) is 0. The fourth-order valence-electron chi connectivity index (χ4n) is 2.67. The average Bonchev–Trinajstić information content (AvgIpc) is 2.16. The Morgan fingerprint density at radius 3 is 2.53 bits per heavy atom. The number of amides is 1. The Morgan fingerprint density at radius 2 is 2.00 bits per heavy atom. The van der Waals surface area contributed by atoms with Gasteiger partial charge < -0.3 is 9.64 Å². The van der Waals surface area contributed by atoms with Crippen LogP contribution in [0.2, 0.25) is 0 Å². The monoisotopic (exact) mass is 211 g/mol. The van der Waals surface area contributed by atoms with Crippen molar-refractivity contribution in [3.63, 3.8) is 0 Å². The molecule has 15 heavy (non-hydrogen) atoms. The van der Waals surface area contributed by atoms with Crippen LogP contribution in [-0.2, 0) is 9.53 Å². The van der Waals surface area contributed by atoms with E-state index in [4.69, 9.17) is 4.74 Å². The Bertz CT molecular complexity index is 261. The maximum absolute atomic E-state index is 11.7. The molecule has 2 fully saturated rings. The molecule has 0 radical (unpaired) electrons. The maximum atomic E-state index is 11.7. The van der Waals surface area contributed by atoms with Crippen LogP contribution in [0.25, 0.3) is 0 Å². The summed E-state index contributed by atoms with van der Waals surface area (Å²) in [4.78, 5) is 24.9. The van der Waals surface area contributed by atoms with Crippen LogP contribution in [0.3, 0.4) is 0 Å². The lowest BCUT2D eigenvalue weighted by Crippen LogP contribution is -2.55. The van der Waals surface area contributed by atoms with Crippen molar-refractivity contribution >= 4 is 11.9 Å². The summed E-state index contributed by atoms with van der Waals surface area (Å²) in [6.45, 7) is 2.21. The molecule has 84 valence electrons. The van der Waals surface area contributed by atoms with Crippen LogP contribution in [0.15, 0.2) is 0 Å². The van der Waals surface area contributed by atoms with E-state index in [1.165, 1.54) is 0 Å². The van der Waals surface area contributed by atoms with Gasteiger partial charge in [0.1, 0.15) is 5.78 Å². The lowest BCUT2D eigenvalue weighted by atomic mass is 9.84. The van der Waals surface area contributed by atoms with Crippen molar-refractivity contribution in [3.8, 4) is 0 Å². The highest BCUT2D eigenvalue weighted by Gasteiger charge is 2.40. The maximum Gasteiger partial charge on any atom is 0.410 e. The second kappa shape index (κ2) is 4.21. The van der Waals surface area contributed by atoms with Crippen molar-refractivity contribution < 1.29 is 14.3 Å². The molecule has 0 aromatic carbocycles. The third-order valence-electron chi connectivity index (χ3n) is 3.27. The van der Waals surface area contributed by atoms with Gasteiger partial charge in [-0.1, -0.05) is 0 Å². The number of hydrogen-bond acceptors (Lipinski definition) is 3. The number of hydrogen-bond donors (Lipinski definition) is 0. The summed E-state index contributed by atoms with van der Waals surface area (Å²) in [7, 11) is 0. The molecule has 1 amide bonds. The molecule has 0 unspecified atom stereocenters. The van der Waals surface area contributed by atoms with Crippen molar-refractivity contribution in [2.75, 3.05) is 6.61 Å². The van der Waals surface area contributed by atoms with E-state index in [1.54, 1.807) is 4.90 Å². The van der Waals surface area contributed by atoms with Gasteiger partial charge >= 0.3 is 6.09 Å². The van der Waals surface area contributed by atoms with Gasteiger partial charge in [0.15, 0.2) is 0 Å². The van der Waals surface area contributed by atoms with Crippen molar-refractivity contribution in [2.45, 2.75) is 51.1 Å². The molecule has 0 aliphatic carbocycles. The van der Waals surface area contributed by atoms with Crippen molar-refractivity contribution in [2.24, 2.45) is 0 Å². The number of fused-ring (bicyclic) bond motifs is 2. The fraction of sp³-hybridized carbons (Fsp3) is 0.818. The highest BCUT2D eigenvalue weighted by atomic mass is 16.6. The van der Waals surface area contributed by atoms with Gasteiger partial charge in [-0.05, 0) is 26.2 Å². The fourth-order valence-corrected chi connectivity index (χ4v) is 2.67. The predicted octanol–water partition coefficient (Wildman–Crippen LogP) is 1.73. The summed E-state index contributed by atoms with van der Waals surface area (Å²) in [5.74, 6) is 0.297. The second-order valence-electron chi connectivity index (χ2n) is 4.29. The topological polar surface area (TPSA) is 46.6 Å². The van der Waals surface area contributed by atoms with Gasteiger partial charge in [-0.15, -0.1) is 0 Å². The molecule has 2 saturated heterocycles. The highest BCUT2D eigenvalue weighted by molar-refractivity contribution is 5.83. The lowest BCUT2D eigenvalue weighted by Gasteiger charge is -2.44. The van der Waals surface area contributed by atoms with E-state index in [1.807, 2.05) is 6.92 Å². The normalized spacial score (nSPS) is 30.2. The number of ketones is 1. The Kier molecular flexibility index (Phi) is 2.93. The van der Waals surface area contributed by atoms with E-state index in [0.29, 0.717) is 25.2 Å². The summed E-state index contributed by atoms with van der Waals surface area (Å²) in [6, 6.07) is 0.202. The van der Waals surface area contributed by atoms with Gasteiger partial charge in [0.25, 0.3) is 0 Å². The molecule has 0 spiro atoms. The first kappa shape index (κ1) is 10.5. The van der Waals surface area contributed by atoms with E-state index < -0.39 is 0 Å². The Morgan fingerprint density at radius 1 is 1.40 bits per heavy atom. The highest BCUT2D eigenvalue weighted by Crippen LogP contribution is 2.32. The number of rotatable bonds is 1. The number of carbonyl (C=O) groups excluding carboxylic acids is 2. The molecular formula is C11H17NO3. The first-order chi connectivity index (χ1) is 7.22. The molecule has 2 atom stereocenters. The first-order valence-corrected chi connectivity index (χ1v) is 5.69. The van der Waals surface area contributed by atoms with E-state index in [-0.39, 0.29) is 18.2 Å². The van der Waals surface area contributed by atoms with Crippen LogP contribution in [0, 0.1) is 0 Å². The molecule has 0 aromatic rings. The van der Waals surface area contributed by atoms with Crippen LogP contribution in [-0.4, -0.2) is 35.5 Å². The third-order valence-corrected chi connectivity index (χ3v) is 3.27. The van der Waals surface area contributed by atoms with Gasteiger partial charge in [-0.25, -0.2) is 4.79 Å². The first-order valence-electron chi connectivity index (χ1n) is 5.69. The summed E-state index contributed by atoms with van der Waals surface area (Å²) < 4.78 is 5.03. The Labute approximate surface area is 89.6 Å². The largest absolute Gasteiger partial charge is 0.450 e. The predicted molar refractivity (Wildman–Crippen MR) is 54.5 cm³/mol. The minimum atomic E-state index is -0.236. The van der Waals surface area contributed by atoms with Gasteiger partial charge in [-0.2, -0.15) is 0 Å². The van der Waals surface area contributed by atoms with E-state index in [2.05, 4.69) is 0 Å². The zero-order chi connectivity index (χ0) is 10.8. The molecule has 2 rings (SSSR count). The quantitative estimate of drug-likeness (QED) is 0.663. The number of carbonyl (C=O) groups is 2. The van der Waals surface area contributed by atoms with Crippen LogP contribution in [0.1, 0.15) is 39.0 Å². The molecule has 2 heterocycles. The van der Waals surface area contributed by atoms with Gasteiger partial charge in [0, 0.05) is 24.9 Å². The number of Topliss-reactive ketones (excluding diaryl/α,β-unsaturated/α-hetero) is 1. The standard InChI is InChI=1S/C11H17NO3/c1-2-15-11(14)12-8-4-3-5-9(12)7-10(13)6-8/h8-9H,2-7H2,1H3/t8-,9+. The minimum Gasteiger partial charge on any atom is -0.450 e. The number of nitrogens with zero attached hydrogens (tertiary/aromatic N) is 1.